The van der Waals surface area contributed by atoms with Crippen molar-refractivity contribution in [2.24, 2.45) is 0 Å². The summed E-state index contributed by atoms with van der Waals surface area (Å²) in [5.41, 5.74) is -1.32. The van der Waals surface area contributed by atoms with Gasteiger partial charge in [0.1, 0.15) is 0 Å². The van der Waals surface area contributed by atoms with Crippen LogP contribution in [-0.2, 0) is 19.9 Å². The lowest BCUT2D eigenvalue weighted by Gasteiger charge is -2.27. The van der Waals surface area contributed by atoms with Crippen molar-refractivity contribution in [1.29, 1.82) is 5.26 Å². The minimum Gasteiger partial charge on any atom is -0.453 e. The van der Waals surface area contributed by atoms with E-state index in [0.717, 1.165) is 0 Å². The van der Waals surface area contributed by atoms with Crippen LogP contribution < -0.4 is 0 Å². The SMILES string of the molecule is CN(CCC#N)C(=O)COC(=O)C(O)(c1ccccc1)c1ccccc1. The van der Waals surface area contributed by atoms with Crippen molar-refractivity contribution in [1.82, 2.24) is 4.90 Å². The van der Waals surface area contributed by atoms with Crippen LogP contribution in [-0.4, -0.2) is 42.1 Å². The predicted molar refractivity (Wildman–Crippen MR) is 94.7 cm³/mol. The molecule has 0 bridgehead atoms. The summed E-state index contributed by atoms with van der Waals surface area (Å²) >= 11 is 0. The summed E-state index contributed by atoms with van der Waals surface area (Å²) in [5.74, 6) is -1.38. The molecule has 0 atom stereocenters. The molecule has 0 saturated heterocycles. The molecule has 26 heavy (non-hydrogen) atoms. The van der Waals surface area contributed by atoms with Gasteiger partial charge in [-0.2, -0.15) is 5.26 Å². The van der Waals surface area contributed by atoms with Crippen molar-refractivity contribution in [3.63, 3.8) is 0 Å². The Morgan fingerprint density at radius 1 is 1.08 bits per heavy atom. The fraction of sp³-hybridized carbons (Fsp3) is 0.250. The summed E-state index contributed by atoms with van der Waals surface area (Å²) in [4.78, 5) is 26.0. The normalized spacial score (nSPS) is 10.7. The Balaban J connectivity index is 2.20. The van der Waals surface area contributed by atoms with Gasteiger partial charge in [0.15, 0.2) is 6.61 Å². The fourth-order valence-electron chi connectivity index (χ4n) is 2.45. The Morgan fingerprint density at radius 2 is 1.58 bits per heavy atom. The summed E-state index contributed by atoms with van der Waals surface area (Å²) in [6.45, 7) is -0.267. The molecule has 0 aliphatic heterocycles. The number of nitriles is 1. The second-order valence-electron chi connectivity index (χ2n) is 5.74. The van der Waals surface area contributed by atoms with E-state index in [4.69, 9.17) is 10.00 Å². The van der Waals surface area contributed by atoms with Gasteiger partial charge in [-0.3, -0.25) is 4.79 Å². The van der Waals surface area contributed by atoms with Crippen molar-refractivity contribution >= 4 is 11.9 Å². The number of amides is 1. The quantitative estimate of drug-likeness (QED) is 0.768. The van der Waals surface area contributed by atoms with Gasteiger partial charge in [-0.15, -0.1) is 0 Å². The van der Waals surface area contributed by atoms with Gasteiger partial charge in [-0.05, 0) is 11.1 Å². The van der Waals surface area contributed by atoms with Crippen molar-refractivity contribution in [2.45, 2.75) is 12.0 Å². The van der Waals surface area contributed by atoms with Crippen LogP contribution >= 0.6 is 0 Å². The molecule has 134 valence electrons. The third-order valence-corrected chi connectivity index (χ3v) is 3.99. The molecule has 2 rings (SSSR count). The number of hydrogen-bond acceptors (Lipinski definition) is 5. The van der Waals surface area contributed by atoms with Crippen molar-refractivity contribution < 1.29 is 19.4 Å². The zero-order valence-electron chi connectivity index (χ0n) is 14.5. The molecule has 0 aliphatic rings. The molecule has 0 radical (unpaired) electrons. The third kappa shape index (κ3) is 4.26. The first-order chi connectivity index (χ1) is 12.5. The highest BCUT2D eigenvalue weighted by Crippen LogP contribution is 2.30. The number of carbonyl (C=O) groups is 2. The molecule has 0 fully saturated rings. The average molecular weight is 352 g/mol. The van der Waals surface area contributed by atoms with Crippen molar-refractivity contribution in [3.8, 4) is 6.07 Å². The number of aliphatic hydroxyl groups is 1. The lowest BCUT2D eigenvalue weighted by Crippen LogP contribution is -2.41. The molecule has 0 aliphatic carbocycles. The number of nitrogens with zero attached hydrogens (tertiary/aromatic N) is 2. The van der Waals surface area contributed by atoms with Gasteiger partial charge in [0.25, 0.3) is 5.91 Å². The number of likely N-dealkylation sites (N-methyl/N-ethyl adjacent to an activating group) is 1. The number of esters is 1. The van der Waals surface area contributed by atoms with Gasteiger partial charge in [-0.1, -0.05) is 60.7 Å². The summed E-state index contributed by atoms with van der Waals surface area (Å²) in [5, 5.41) is 19.7. The predicted octanol–water partition coefficient (Wildman–Crippen LogP) is 1.84. The maximum Gasteiger partial charge on any atom is 0.348 e. The Kier molecular flexibility index (Phi) is 6.48. The van der Waals surface area contributed by atoms with Crippen LogP contribution in [0.15, 0.2) is 60.7 Å². The van der Waals surface area contributed by atoms with E-state index >= 15 is 0 Å². The maximum absolute atomic E-state index is 12.7. The smallest absolute Gasteiger partial charge is 0.348 e. The van der Waals surface area contributed by atoms with Gasteiger partial charge in [0, 0.05) is 13.6 Å². The van der Waals surface area contributed by atoms with E-state index < -0.39 is 24.1 Å². The molecule has 6 nitrogen and oxygen atoms in total. The molecule has 0 spiro atoms. The summed E-state index contributed by atoms with van der Waals surface area (Å²) in [6, 6.07) is 18.8. The van der Waals surface area contributed by atoms with E-state index in [-0.39, 0.29) is 13.0 Å². The number of rotatable bonds is 7. The van der Waals surface area contributed by atoms with Gasteiger partial charge in [-0.25, -0.2) is 4.79 Å². The first-order valence-corrected chi connectivity index (χ1v) is 8.11. The van der Waals surface area contributed by atoms with Crippen molar-refractivity contribution in [2.75, 3.05) is 20.2 Å². The van der Waals surface area contributed by atoms with Gasteiger partial charge < -0.3 is 14.7 Å². The molecule has 6 heteroatoms. The van der Waals surface area contributed by atoms with Crippen molar-refractivity contribution in [3.05, 3.63) is 71.8 Å². The number of carbonyl (C=O) groups excluding carboxylic acids is 2. The highest BCUT2D eigenvalue weighted by molar-refractivity contribution is 5.88. The van der Waals surface area contributed by atoms with Crippen LogP contribution in [0.3, 0.4) is 0 Å². The van der Waals surface area contributed by atoms with Gasteiger partial charge in [0.05, 0.1) is 12.5 Å². The molecular formula is C20H20N2O4. The van der Waals surface area contributed by atoms with Gasteiger partial charge in [0.2, 0.25) is 5.60 Å². The summed E-state index contributed by atoms with van der Waals surface area (Å²) < 4.78 is 5.12. The van der Waals surface area contributed by atoms with E-state index in [1.165, 1.54) is 11.9 Å². The first-order valence-electron chi connectivity index (χ1n) is 8.11. The number of ether oxygens (including phenoxy) is 1. The van der Waals surface area contributed by atoms with Crippen LogP contribution in [0.4, 0.5) is 0 Å². The first kappa shape index (κ1) is 19.2. The zero-order valence-corrected chi connectivity index (χ0v) is 14.5. The molecule has 1 amide bonds. The topological polar surface area (TPSA) is 90.6 Å². The van der Waals surface area contributed by atoms with E-state index in [9.17, 15) is 14.7 Å². The van der Waals surface area contributed by atoms with Crippen LogP contribution in [0, 0.1) is 11.3 Å². The summed E-state index contributed by atoms with van der Waals surface area (Å²) in [7, 11) is 1.52. The highest BCUT2D eigenvalue weighted by atomic mass is 16.6. The summed E-state index contributed by atoms with van der Waals surface area (Å²) in [6.07, 6.45) is 0.189. The lowest BCUT2D eigenvalue weighted by molar-refractivity contribution is -0.166. The standard InChI is InChI=1S/C20H20N2O4/c1-22(14-8-13-21)18(23)15-26-19(24)20(25,16-9-4-2-5-10-16)17-11-6-3-7-12-17/h2-7,9-12,25H,8,14-15H2,1H3. The monoisotopic (exact) mass is 352 g/mol. The number of benzene rings is 2. The number of hydrogen-bond donors (Lipinski definition) is 1. The second kappa shape index (κ2) is 8.79. The van der Waals surface area contributed by atoms with E-state index in [1.54, 1.807) is 60.7 Å². The Bertz CT molecular complexity index is 745. The Morgan fingerprint density at radius 3 is 2.04 bits per heavy atom. The fourth-order valence-corrected chi connectivity index (χ4v) is 2.45. The molecule has 1 N–H and O–H groups in total. The minimum absolute atomic E-state index is 0.189. The lowest BCUT2D eigenvalue weighted by atomic mass is 9.86. The third-order valence-electron chi connectivity index (χ3n) is 3.99. The maximum atomic E-state index is 12.7. The Hall–Kier alpha value is -3.17. The van der Waals surface area contributed by atoms with E-state index in [1.807, 2.05) is 6.07 Å². The molecular weight excluding hydrogens is 332 g/mol. The van der Waals surface area contributed by atoms with Crippen LogP contribution in [0.1, 0.15) is 17.5 Å². The molecule has 0 unspecified atom stereocenters. The molecule has 0 heterocycles. The highest BCUT2D eigenvalue weighted by Gasteiger charge is 2.41. The van der Waals surface area contributed by atoms with E-state index in [2.05, 4.69) is 0 Å². The molecule has 2 aromatic rings. The zero-order chi connectivity index (χ0) is 19.0. The molecule has 0 aromatic heterocycles. The van der Waals surface area contributed by atoms with Gasteiger partial charge >= 0.3 is 5.97 Å². The molecule has 2 aromatic carbocycles. The average Bonchev–Trinajstić information content (AvgIpc) is 2.70. The minimum atomic E-state index is -2.02. The van der Waals surface area contributed by atoms with Crippen LogP contribution in [0.25, 0.3) is 0 Å². The second-order valence-corrected chi connectivity index (χ2v) is 5.74. The largest absolute Gasteiger partial charge is 0.453 e. The van der Waals surface area contributed by atoms with Crippen LogP contribution in [0.2, 0.25) is 0 Å². The molecule has 0 saturated carbocycles. The van der Waals surface area contributed by atoms with E-state index in [0.29, 0.717) is 11.1 Å². The van der Waals surface area contributed by atoms with Crippen LogP contribution in [0.5, 0.6) is 0 Å². The Labute approximate surface area is 152 Å².